The number of anilines is 2. The number of rotatable bonds is 7. The van der Waals surface area contributed by atoms with Crippen LogP contribution >= 0.6 is 0 Å². The number of piperidine rings is 1. The number of nitrogens with zero attached hydrogens (tertiary/aromatic N) is 3. The Morgan fingerprint density at radius 2 is 1.90 bits per heavy atom. The van der Waals surface area contributed by atoms with Crippen molar-refractivity contribution in [2.75, 3.05) is 31.2 Å². The standard InChI is InChI=1S/C29H34F3N5O4/c1-16(18-10-21(29(30,31)32)13-22(33)12-18)34-25-23-14-20(11-19(15-38)24(23)27(40)36(2)35-25)28(41-3)6-8-37(9-7-28)26(39)17-4-5-17/h10-14,16-17,38H,4-9,15,33H2,1-3H3,(H,34,35)/t16-/m1/s1. The fourth-order valence-corrected chi connectivity index (χ4v) is 5.71. The largest absolute Gasteiger partial charge is 0.416 e. The molecule has 0 radical (unpaired) electrons. The van der Waals surface area contributed by atoms with E-state index in [1.54, 1.807) is 26.2 Å². The van der Waals surface area contributed by atoms with Gasteiger partial charge in [0.1, 0.15) is 0 Å². The molecule has 0 bridgehead atoms. The Hall–Kier alpha value is -3.64. The van der Waals surface area contributed by atoms with Gasteiger partial charge < -0.3 is 25.8 Å². The van der Waals surface area contributed by atoms with E-state index in [0.29, 0.717) is 42.4 Å². The molecule has 1 aliphatic carbocycles. The van der Waals surface area contributed by atoms with Gasteiger partial charge in [0.2, 0.25) is 5.91 Å². The molecule has 2 fully saturated rings. The van der Waals surface area contributed by atoms with Crippen LogP contribution in [0.2, 0.25) is 0 Å². The smallest absolute Gasteiger partial charge is 0.399 e. The van der Waals surface area contributed by atoms with Crippen LogP contribution in [0, 0.1) is 5.92 Å². The summed E-state index contributed by atoms with van der Waals surface area (Å²) in [4.78, 5) is 27.7. The van der Waals surface area contributed by atoms with E-state index in [2.05, 4.69) is 10.4 Å². The summed E-state index contributed by atoms with van der Waals surface area (Å²) >= 11 is 0. The maximum absolute atomic E-state index is 13.4. The minimum atomic E-state index is -4.57. The zero-order chi connectivity index (χ0) is 29.7. The van der Waals surface area contributed by atoms with Gasteiger partial charge in [-0.2, -0.15) is 18.3 Å². The van der Waals surface area contributed by atoms with Gasteiger partial charge in [0.05, 0.1) is 29.2 Å². The quantitative estimate of drug-likeness (QED) is 0.364. The topological polar surface area (TPSA) is 123 Å². The van der Waals surface area contributed by atoms with Crippen LogP contribution in [0.25, 0.3) is 10.8 Å². The molecule has 0 unspecified atom stereocenters. The molecule has 41 heavy (non-hydrogen) atoms. The van der Waals surface area contributed by atoms with E-state index in [1.165, 1.54) is 13.1 Å². The summed E-state index contributed by atoms with van der Waals surface area (Å²) in [5.41, 5.74) is 5.11. The molecule has 1 aliphatic heterocycles. The van der Waals surface area contributed by atoms with Crippen LogP contribution in [0.1, 0.15) is 60.9 Å². The average molecular weight is 574 g/mol. The van der Waals surface area contributed by atoms with Crippen molar-refractivity contribution in [3.63, 3.8) is 0 Å². The van der Waals surface area contributed by atoms with Crippen LogP contribution in [-0.2, 0) is 35.0 Å². The van der Waals surface area contributed by atoms with Crippen LogP contribution in [0.3, 0.4) is 0 Å². The molecule has 1 saturated carbocycles. The van der Waals surface area contributed by atoms with Crippen LogP contribution < -0.4 is 16.6 Å². The number of carbonyl (C=O) groups is 1. The number of nitrogens with two attached hydrogens (primary N) is 1. The molecule has 9 nitrogen and oxygen atoms in total. The number of alkyl halides is 3. The number of aliphatic hydroxyl groups is 1. The Kier molecular flexibility index (Phi) is 7.49. The molecule has 2 aliphatic rings. The van der Waals surface area contributed by atoms with Gasteiger partial charge >= 0.3 is 6.18 Å². The van der Waals surface area contributed by atoms with Crippen molar-refractivity contribution in [1.29, 1.82) is 0 Å². The van der Waals surface area contributed by atoms with E-state index in [9.17, 15) is 27.9 Å². The van der Waals surface area contributed by atoms with E-state index in [4.69, 9.17) is 10.5 Å². The van der Waals surface area contributed by atoms with E-state index >= 15 is 0 Å². The number of nitrogen functional groups attached to an aromatic ring is 1. The van der Waals surface area contributed by atoms with Gasteiger partial charge in [0, 0.05) is 44.2 Å². The van der Waals surface area contributed by atoms with Gasteiger partial charge in [-0.25, -0.2) is 4.68 Å². The van der Waals surface area contributed by atoms with Gasteiger partial charge in [-0.1, -0.05) is 0 Å². The third-order valence-electron chi connectivity index (χ3n) is 8.29. The second kappa shape index (κ2) is 10.6. The highest BCUT2D eigenvalue weighted by molar-refractivity contribution is 5.94. The number of methoxy groups -OCH3 is 1. The lowest BCUT2D eigenvalue weighted by Crippen LogP contribution is -2.46. The van der Waals surface area contributed by atoms with Crippen molar-refractivity contribution < 1.29 is 27.8 Å². The summed E-state index contributed by atoms with van der Waals surface area (Å²) in [5.74, 6) is 0.555. The molecule has 4 N–H and O–H groups in total. The molecular formula is C29H34F3N5O4. The molecule has 0 spiro atoms. The van der Waals surface area contributed by atoms with E-state index in [1.807, 2.05) is 4.90 Å². The van der Waals surface area contributed by atoms with Crippen LogP contribution in [0.5, 0.6) is 0 Å². The summed E-state index contributed by atoms with van der Waals surface area (Å²) in [5, 5.41) is 18.5. The van der Waals surface area contributed by atoms with Gasteiger partial charge in [0.25, 0.3) is 5.56 Å². The zero-order valence-corrected chi connectivity index (χ0v) is 23.2. The molecule has 2 heterocycles. The molecule has 1 atom stereocenters. The van der Waals surface area contributed by atoms with Crippen molar-refractivity contribution in [2.45, 2.75) is 57.0 Å². The lowest BCUT2D eigenvalue weighted by Gasteiger charge is -2.41. The van der Waals surface area contributed by atoms with Crippen molar-refractivity contribution in [3.8, 4) is 0 Å². The number of aliphatic hydroxyl groups excluding tert-OH is 1. The van der Waals surface area contributed by atoms with Crippen molar-refractivity contribution >= 4 is 28.2 Å². The van der Waals surface area contributed by atoms with Crippen molar-refractivity contribution in [2.24, 2.45) is 13.0 Å². The predicted molar refractivity (Wildman–Crippen MR) is 148 cm³/mol. The molecule has 2 aromatic carbocycles. The molecule has 1 aromatic heterocycles. The number of hydrogen-bond acceptors (Lipinski definition) is 7. The number of aryl methyl sites for hydroxylation is 1. The maximum atomic E-state index is 13.4. The fourth-order valence-electron chi connectivity index (χ4n) is 5.71. The van der Waals surface area contributed by atoms with Gasteiger partial charge in [-0.15, -0.1) is 0 Å². The van der Waals surface area contributed by atoms with Crippen LogP contribution in [0.4, 0.5) is 24.7 Å². The number of benzene rings is 2. The number of ether oxygens (including phenoxy) is 1. The second-order valence-electron chi connectivity index (χ2n) is 11.0. The number of hydrogen-bond donors (Lipinski definition) is 3. The van der Waals surface area contributed by atoms with E-state index in [-0.39, 0.29) is 28.7 Å². The molecule has 1 amide bonds. The molecular weight excluding hydrogens is 539 g/mol. The summed E-state index contributed by atoms with van der Waals surface area (Å²) < 4.78 is 47.5. The Bertz CT molecular complexity index is 1540. The minimum absolute atomic E-state index is 0.0276. The predicted octanol–water partition coefficient (Wildman–Crippen LogP) is 4.07. The third-order valence-corrected chi connectivity index (χ3v) is 8.29. The number of aromatic nitrogens is 2. The highest BCUT2D eigenvalue weighted by Gasteiger charge is 2.41. The molecule has 5 rings (SSSR count). The lowest BCUT2D eigenvalue weighted by molar-refractivity contribution is -0.139. The number of fused-ring (bicyclic) bond motifs is 1. The normalized spacial score (nSPS) is 18.0. The van der Waals surface area contributed by atoms with Crippen LogP contribution in [0.15, 0.2) is 35.1 Å². The van der Waals surface area contributed by atoms with Crippen LogP contribution in [-0.4, -0.2) is 45.9 Å². The molecule has 1 saturated heterocycles. The van der Waals surface area contributed by atoms with E-state index in [0.717, 1.165) is 35.2 Å². The minimum Gasteiger partial charge on any atom is -0.399 e. The second-order valence-corrected chi connectivity index (χ2v) is 11.0. The number of likely N-dealkylation sites (tertiary alicyclic amines) is 1. The summed E-state index contributed by atoms with van der Waals surface area (Å²) in [6.45, 7) is 2.29. The number of halogens is 3. The lowest BCUT2D eigenvalue weighted by atomic mass is 9.82. The zero-order valence-electron chi connectivity index (χ0n) is 23.2. The average Bonchev–Trinajstić information content (AvgIpc) is 3.79. The van der Waals surface area contributed by atoms with Gasteiger partial charge in [-0.05, 0) is 79.6 Å². The first-order chi connectivity index (χ1) is 19.4. The van der Waals surface area contributed by atoms with Gasteiger partial charge in [0.15, 0.2) is 5.82 Å². The Morgan fingerprint density at radius 1 is 1.22 bits per heavy atom. The maximum Gasteiger partial charge on any atom is 0.416 e. The Labute approximate surface area is 235 Å². The Morgan fingerprint density at radius 3 is 2.49 bits per heavy atom. The number of carbonyl (C=O) groups excluding carboxylic acids is 1. The first-order valence-electron chi connectivity index (χ1n) is 13.6. The first kappa shape index (κ1) is 28.9. The molecule has 12 heteroatoms. The summed E-state index contributed by atoms with van der Waals surface area (Å²) in [6, 6.07) is 6.25. The molecule has 220 valence electrons. The number of amides is 1. The van der Waals surface area contributed by atoms with Crippen molar-refractivity contribution in [3.05, 3.63) is 62.9 Å². The highest BCUT2D eigenvalue weighted by Crippen LogP contribution is 2.41. The summed E-state index contributed by atoms with van der Waals surface area (Å²) in [7, 11) is 3.07. The first-order valence-corrected chi connectivity index (χ1v) is 13.6. The van der Waals surface area contributed by atoms with Gasteiger partial charge in [-0.3, -0.25) is 9.59 Å². The highest BCUT2D eigenvalue weighted by atomic mass is 19.4. The third kappa shape index (κ3) is 5.50. The monoisotopic (exact) mass is 573 g/mol. The Balaban J connectivity index is 1.56. The van der Waals surface area contributed by atoms with E-state index < -0.39 is 35.5 Å². The summed E-state index contributed by atoms with van der Waals surface area (Å²) in [6.07, 6.45) is -1.65. The molecule has 3 aromatic rings. The van der Waals surface area contributed by atoms with Crippen molar-refractivity contribution in [1.82, 2.24) is 14.7 Å². The fraction of sp³-hybridized carbons (Fsp3) is 0.483. The number of nitrogens with one attached hydrogen (secondary N) is 1. The SMILES string of the molecule is COC1(c2cc(CO)c3c(=O)n(C)nc(N[C@H](C)c4cc(N)cc(C(F)(F)F)c4)c3c2)CCN(C(=O)C2CC2)CC1.